The van der Waals surface area contributed by atoms with Crippen molar-refractivity contribution in [1.29, 1.82) is 0 Å². The molecule has 0 aliphatic carbocycles. The molecule has 8 heteroatoms. The molecule has 1 rings (SSSR count). The zero-order valence-corrected chi connectivity index (χ0v) is 21.8. The van der Waals surface area contributed by atoms with E-state index in [0.717, 1.165) is 0 Å². The highest BCUT2D eigenvalue weighted by molar-refractivity contribution is 7.86. The fraction of sp³-hybridized carbons (Fsp3) is 0.800. The highest BCUT2D eigenvalue weighted by Crippen LogP contribution is 2.20. The van der Waals surface area contributed by atoms with Crippen LogP contribution in [0.4, 0.5) is 13.2 Å². The molecule has 0 fully saturated rings. The van der Waals surface area contributed by atoms with Gasteiger partial charge in [-0.25, -0.2) is 13.0 Å². The third kappa shape index (κ3) is 16.2. The van der Waals surface area contributed by atoms with E-state index in [9.17, 15) is 13.2 Å². The number of alkyl halides is 3. The maximum atomic E-state index is 10.7. The first-order valence-electron chi connectivity index (χ1n) is 12.4. The molecule has 0 saturated heterocycles. The summed E-state index contributed by atoms with van der Waals surface area (Å²) in [7, 11) is -6.09. The molecule has 1 aromatic heterocycles. The van der Waals surface area contributed by atoms with Gasteiger partial charge in [-0.05, 0) is 18.9 Å². The molecule has 1 heterocycles. The largest absolute Gasteiger partial charge is 0.741 e. The van der Waals surface area contributed by atoms with Crippen molar-refractivity contribution in [1.82, 2.24) is 0 Å². The van der Waals surface area contributed by atoms with Crippen molar-refractivity contribution in [3.05, 3.63) is 29.1 Å². The third-order valence-corrected chi connectivity index (χ3v) is 6.31. The van der Waals surface area contributed by atoms with Gasteiger partial charge in [-0.1, -0.05) is 84.0 Å². The van der Waals surface area contributed by atoms with Crippen LogP contribution in [0, 0.1) is 20.8 Å². The molecular weight excluding hydrogens is 451 g/mol. The molecule has 0 saturated carbocycles. The number of nitrogens with zero attached hydrogens (tertiary/aromatic N) is 1. The molecule has 194 valence electrons. The lowest BCUT2D eigenvalue weighted by atomic mass is 10.0. The maximum absolute atomic E-state index is 10.7. The van der Waals surface area contributed by atoms with Crippen molar-refractivity contribution < 1.29 is 30.7 Å². The molecule has 4 nitrogen and oxygen atoms in total. The van der Waals surface area contributed by atoms with Crippen LogP contribution >= 0.6 is 0 Å². The summed E-state index contributed by atoms with van der Waals surface area (Å²) in [6.07, 6.45) is 20.1. The van der Waals surface area contributed by atoms with Crippen LogP contribution in [0.2, 0.25) is 0 Å². The maximum Gasteiger partial charge on any atom is 0.485 e. The first-order chi connectivity index (χ1) is 15.4. The van der Waals surface area contributed by atoms with E-state index in [1.165, 1.54) is 113 Å². The Labute approximate surface area is 199 Å². The van der Waals surface area contributed by atoms with Crippen LogP contribution in [-0.4, -0.2) is 18.5 Å². The van der Waals surface area contributed by atoms with Gasteiger partial charge in [0, 0.05) is 32.4 Å². The monoisotopic (exact) mass is 495 g/mol. The van der Waals surface area contributed by atoms with E-state index in [-0.39, 0.29) is 0 Å². The Morgan fingerprint density at radius 2 is 1.03 bits per heavy atom. The molecule has 0 aliphatic heterocycles. The molecule has 0 aromatic carbocycles. The second kappa shape index (κ2) is 17.3. The highest BCUT2D eigenvalue weighted by atomic mass is 32.2. The number of rotatable bonds is 15. The summed E-state index contributed by atoms with van der Waals surface area (Å²) in [5, 5.41) is 0. The minimum atomic E-state index is -6.09. The predicted octanol–water partition coefficient (Wildman–Crippen LogP) is 7.43. The molecule has 0 N–H and O–H groups in total. The van der Waals surface area contributed by atoms with Gasteiger partial charge in [-0.2, -0.15) is 13.2 Å². The van der Waals surface area contributed by atoms with Crippen LogP contribution in [0.25, 0.3) is 0 Å². The van der Waals surface area contributed by atoms with Gasteiger partial charge in [0.2, 0.25) is 0 Å². The van der Waals surface area contributed by atoms with Crippen LogP contribution in [0.5, 0.6) is 0 Å². The Kier molecular flexibility index (Phi) is 16.7. The van der Waals surface area contributed by atoms with Crippen LogP contribution < -0.4 is 4.57 Å². The second-order valence-corrected chi connectivity index (χ2v) is 10.3. The van der Waals surface area contributed by atoms with E-state index in [0.29, 0.717) is 0 Å². The average molecular weight is 496 g/mol. The first-order valence-corrected chi connectivity index (χ1v) is 13.8. The summed E-state index contributed by atoms with van der Waals surface area (Å²) < 4.78 is 61.4. The van der Waals surface area contributed by atoms with E-state index in [2.05, 4.69) is 44.4 Å². The predicted molar refractivity (Wildman–Crippen MR) is 127 cm³/mol. The zero-order chi connectivity index (χ0) is 25.3. The summed E-state index contributed by atoms with van der Waals surface area (Å²) >= 11 is 0. The molecule has 0 unspecified atom stereocenters. The van der Waals surface area contributed by atoms with Crippen LogP contribution in [-0.2, 0) is 16.7 Å². The molecule has 1 aromatic rings. The lowest BCUT2D eigenvalue weighted by Gasteiger charge is -2.08. The highest BCUT2D eigenvalue weighted by Gasteiger charge is 2.36. The number of pyridine rings is 1. The van der Waals surface area contributed by atoms with Gasteiger partial charge in [0.25, 0.3) is 0 Å². The minimum absolute atomic E-state index is 1.19. The van der Waals surface area contributed by atoms with Gasteiger partial charge in [0.1, 0.15) is 6.54 Å². The van der Waals surface area contributed by atoms with Crippen molar-refractivity contribution in [2.45, 2.75) is 130 Å². The number of hydrogen-bond donors (Lipinski definition) is 0. The molecule has 0 spiro atoms. The number of hydrogen-bond acceptors (Lipinski definition) is 3. The molecule has 0 aliphatic rings. The van der Waals surface area contributed by atoms with Crippen LogP contribution in [0.15, 0.2) is 12.1 Å². The first kappa shape index (κ1) is 31.9. The fourth-order valence-electron chi connectivity index (χ4n) is 3.95. The van der Waals surface area contributed by atoms with Crippen molar-refractivity contribution in [3.8, 4) is 0 Å². The van der Waals surface area contributed by atoms with Gasteiger partial charge in [-0.3, -0.25) is 0 Å². The molecule has 0 radical (unpaired) electrons. The lowest BCUT2D eigenvalue weighted by Crippen LogP contribution is -2.40. The Bertz CT molecular complexity index is 727. The van der Waals surface area contributed by atoms with Gasteiger partial charge in [0.15, 0.2) is 21.5 Å². The summed E-state index contributed by atoms with van der Waals surface area (Å²) in [6.45, 7) is 10.2. The van der Waals surface area contributed by atoms with Crippen molar-refractivity contribution in [2.24, 2.45) is 0 Å². The topological polar surface area (TPSA) is 61.1 Å². The zero-order valence-electron chi connectivity index (χ0n) is 21.0. The Hall–Kier alpha value is -1.15. The molecule has 0 amide bonds. The smallest absolute Gasteiger partial charge is 0.485 e. The lowest BCUT2D eigenvalue weighted by molar-refractivity contribution is -0.709. The van der Waals surface area contributed by atoms with Gasteiger partial charge >= 0.3 is 5.51 Å². The van der Waals surface area contributed by atoms with E-state index in [1.807, 2.05) is 0 Å². The normalized spacial score (nSPS) is 11.9. The Balaban J connectivity index is 0.00000109. The van der Waals surface area contributed by atoms with Crippen LogP contribution in [0.3, 0.4) is 0 Å². The van der Waals surface area contributed by atoms with Crippen molar-refractivity contribution in [3.63, 3.8) is 0 Å². The number of aryl methyl sites for hydroxylation is 3. The average Bonchev–Trinajstić information content (AvgIpc) is 2.68. The molecule has 0 atom stereocenters. The summed E-state index contributed by atoms with van der Waals surface area (Å²) in [4.78, 5) is 0. The second-order valence-electron chi connectivity index (χ2n) is 8.96. The summed E-state index contributed by atoms with van der Waals surface area (Å²) in [5.41, 5.74) is -1.45. The van der Waals surface area contributed by atoms with E-state index >= 15 is 0 Å². The molecular formula is C25H44F3NO3S. The minimum Gasteiger partial charge on any atom is -0.741 e. The molecule has 33 heavy (non-hydrogen) atoms. The molecule has 0 bridgehead atoms. The van der Waals surface area contributed by atoms with Crippen molar-refractivity contribution in [2.75, 3.05) is 0 Å². The Morgan fingerprint density at radius 1 is 0.727 bits per heavy atom. The van der Waals surface area contributed by atoms with Gasteiger partial charge in [-0.15, -0.1) is 0 Å². The number of unbranched alkanes of at least 4 members (excludes halogenated alkanes) is 13. The fourth-order valence-corrected chi connectivity index (χ4v) is 3.95. The van der Waals surface area contributed by atoms with Crippen molar-refractivity contribution >= 4 is 10.1 Å². The Morgan fingerprint density at radius 3 is 1.33 bits per heavy atom. The van der Waals surface area contributed by atoms with E-state index in [1.54, 1.807) is 0 Å². The summed E-state index contributed by atoms with van der Waals surface area (Å²) in [6, 6.07) is 4.60. The van der Waals surface area contributed by atoms with Gasteiger partial charge in [0.05, 0.1) is 0 Å². The number of aromatic nitrogens is 1. The standard InChI is InChI=1S/C24H44N.CHF3O3S/c1-5-6-7-8-9-10-11-12-13-14-15-16-17-18-19-25-23(3)20-22(2)21-24(25)4;2-1(3,4)8(5,6)7/h20-21H,5-19H2,1-4H3;(H,5,6,7)/q+1;/p-1. The SMILES string of the molecule is CCCCCCCCCCCCCCCC[n+]1c(C)cc(C)cc1C.O=S(=O)([O-])C(F)(F)F. The van der Waals surface area contributed by atoms with E-state index in [4.69, 9.17) is 13.0 Å². The third-order valence-electron chi connectivity index (χ3n) is 5.74. The van der Waals surface area contributed by atoms with Gasteiger partial charge < -0.3 is 4.55 Å². The number of halogens is 3. The quantitative estimate of drug-likeness (QED) is 0.110. The summed E-state index contributed by atoms with van der Waals surface area (Å²) in [5.74, 6) is 0. The van der Waals surface area contributed by atoms with E-state index < -0.39 is 15.6 Å². The van der Waals surface area contributed by atoms with Crippen LogP contribution in [0.1, 0.15) is 114 Å².